The van der Waals surface area contributed by atoms with Gasteiger partial charge in [-0.15, -0.1) is 0 Å². The molecule has 0 saturated heterocycles. The van der Waals surface area contributed by atoms with Crippen molar-refractivity contribution in [2.24, 2.45) is 5.41 Å². The fraction of sp³-hybridized carbons (Fsp3) is 0.733. The van der Waals surface area contributed by atoms with Gasteiger partial charge in [-0.2, -0.15) is 11.1 Å². The van der Waals surface area contributed by atoms with Crippen molar-refractivity contribution in [2.75, 3.05) is 0 Å². The van der Waals surface area contributed by atoms with E-state index in [2.05, 4.69) is 40.7 Å². The van der Waals surface area contributed by atoms with E-state index in [4.69, 9.17) is 0 Å². The first kappa shape index (κ1) is 24.0. The fourth-order valence-corrected chi connectivity index (χ4v) is 3.04. The summed E-state index contributed by atoms with van der Waals surface area (Å²) in [6.45, 7) is 11.4. The Kier molecular flexibility index (Phi) is 14.3. The molecule has 0 aromatic heterocycles. The van der Waals surface area contributed by atoms with Crippen LogP contribution in [-0.2, 0) is 26.2 Å². The Labute approximate surface area is 145 Å². The summed E-state index contributed by atoms with van der Waals surface area (Å²) >= 11 is 0. The van der Waals surface area contributed by atoms with Crippen LogP contribution in [0.3, 0.4) is 0 Å². The largest absolute Gasteiger partial charge is 3.00 e. The van der Waals surface area contributed by atoms with Gasteiger partial charge in [-0.1, -0.05) is 72.1 Å². The van der Waals surface area contributed by atoms with Gasteiger partial charge < -0.3 is 24.8 Å². The Morgan fingerprint density at radius 3 is 1.61 bits per heavy atom. The molecule has 0 bridgehead atoms. The van der Waals surface area contributed by atoms with E-state index >= 15 is 0 Å². The number of hydrogen-bond donors (Lipinski definition) is 0. The Balaban J connectivity index is -0.000000750. The molecule has 0 heterocycles. The van der Waals surface area contributed by atoms with Gasteiger partial charge in [0.15, 0.2) is 0 Å². The third kappa shape index (κ3) is 4.22. The van der Waals surface area contributed by atoms with Gasteiger partial charge in [-0.05, 0) is 0 Å². The average molecular weight is 367 g/mol. The molecule has 103 valence electrons. The molecule has 0 aromatic rings. The molecule has 1 rings (SSSR count). The van der Waals surface area contributed by atoms with Crippen molar-refractivity contribution in [3.05, 3.63) is 22.8 Å². The minimum Gasteiger partial charge on any atom is -1.00 e. The predicted molar refractivity (Wildman–Crippen MR) is 67.7 cm³/mol. The van der Waals surface area contributed by atoms with E-state index in [9.17, 15) is 0 Å². The van der Waals surface area contributed by atoms with Gasteiger partial charge in [0.2, 0.25) is 0 Å². The van der Waals surface area contributed by atoms with Crippen molar-refractivity contribution in [1.29, 1.82) is 0 Å². The molecule has 0 unspecified atom stereocenters. The predicted octanol–water partition coefficient (Wildman–Crippen LogP) is -0.932. The SMILES string of the molecule is CCC1=[C-]C(CC)(CC)C(CC)=C1CC.[Cl-].[Cl-].[Zr+3]. The molecule has 0 fully saturated rings. The number of rotatable bonds is 5. The summed E-state index contributed by atoms with van der Waals surface area (Å²) < 4.78 is 0. The average Bonchev–Trinajstić information content (AvgIpc) is 2.62. The Hall–Kier alpha value is 0.943. The van der Waals surface area contributed by atoms with Crippen molar-refractivity contribution in [3.63, 3.8) is 0 Å². The minimum atomic E-state index is 0. The van der Waals surface area contributed by atoms with Crippen LogP contribution >= 0.6 is 0 Å². The Bertz CT molecular complexity index is 289. The van der Waals surface area contributed by atoms with Crippen molar-refractivity contribution in [2.45, 2.75) is 66.7 Å². The molecule has 0 atom stereocenters. The Morgan fingerprint density at radius 1 is 0.833 bits per heavy atom. The number of allylic oxidation sites excluding steroid dienone is 4. The summed E-state index contributed by atoms with van der Waals surface area (Å²) in [5.74, 6) is 0. The van der Waals surface area contributed by atoms with Gasteiger partial charge in [-0.25, -0.2) is 5.57 Å². The third-order valence-corrected chi connectivity index (χ3v) is 3.96. The third-order valence-electron chi connectivity index (χ3n) is 3.96. The summed E-state index contributed by atoms with van der Waals surface area (Å²) in [5, 5.41) is 0. The van der Waals surface area contributed by atoms with E-state index in [0.29, 0.717) is 0 Å². The van der Waals surface area contributed by atoms with Gasteiger partial charge in [0.05, 0.1) is 0 Å². The Morgan fingerprint density at radius 2 is 1.33 bits per heavy atom. The first-order valence-electron chi connectivity index (χ1n) is 6.55. The summed E-state index contributed by atoms with van der Waals surface area (Å²) in [5.41, 5.74) is 5.07. The first-order chi connectivity index (χ1) is 7.18. The second-order valence-corrected chi connectivity index (χ2v) is 4.41. The molecule has 3 heteroatoms. The molecule has 0 aromatic carbocycles. The maximum absolute atomic E-state index is 3.80. The van der Waals surface area contributed by atoms with Gasteiger partial charge in [0.25, 0.3) is 0 Å². The molecule has 1 aliphatic carbocycles. The second-order valence-electron chi connectivity index (χ2n) is 4.41. The van der Waals surface area contributed by atoms with Crippen LogP contribution in [0.25, 0.3) is 0 Å². The van der Waals surface area contributed by atoms with Crippen LogP contribution in [-0.4, -0.2) is 0 Å². The molecule has 18 heavy (non-hydrogen) atoms. The fourth-order valence-electron chi connectivity index (χ4n) is 3.04. The molecule has 0 spiro atoms. The van der Waals surface area contributed by atoms with E-state index in [1.165, 1.54) is 31.3 Å². The van der Waals surface area contributed by atoms with E-state index in [1.54, 1.807) is 11.1 Å². The van der Waals surface area contributed by atoms with Crippen molar-refractivity contribution in [3.8, 4) is 0 Å². The van der Waals surface area contributed by atoms with Crippen molar-refractivity contribution < 1.29 is 51.0 Å². The molecule has 0 amide bonds. The number of hydrogen-bond acceptors (Lipinski definition) is 0. The van der Waals surface area contributed by atoms with E-state index < -0.39 is 0 Å². The first-order valence-corrected chi connectivity index (χ1v) is 6.55. The molecule has 1 radical (unpaired) electrons. The minimum absolute atomic E-state index is 0. The van der Waals surface area contributed by atoms with E-state index in [0.717, 1.165) is 6.42 Å². The summed E-state index contributed by atoms with van der Waals surface area (Å²) in [6, 6.07) is 0. The molecular formula is C15H25Cl2Zr. The molecule has 0 nitrogen and oxygen atoms in total. The zero-order valence-electron chi connectivity index (χ0n) is 12.3. The molecule has 0 N–H and O–H groups in total. The van der Waals surface area contributed by atoms with Crippen LogP contribution in [0, 0.1) is 11.5 Å². The summed E-state index contributed by atoms with van der Waals surface area (Å²) in [6.07, 6.45) is 9.74. The number of halogens is 2. The van der Waals surface area contributed by atoms with Crippen LogP contribution in [0.5, 0.6) is 0 Å². The summed E-state index contributed by atoms with van der Waals surface area (Å²) in [4.78, 5) is 0. The standard InChI is InChI=1S/C15H25.2ClH.Zr/c1-6-12-11-15(9-4,10-5)14(8-3)13(12)7-2;;;/h6-10H2,1-5H3;2*1H;/q-1;;;+3/p-2. The van der Waals surface area contributed by atoms with Gasteiger partial charge >= 0.3 is 26.2 Å². The van der Waals surface area contributed by atoms with Crippen LogP contribution in [0.4, 0.5) is 0 Å². The molecular weight excluding hydrogens is 342 g/mol. The quantitative estimate of drug-likeness (QED) is 0.551. The zero-order chi connectivity index (χ0) is 11.5. The van der Waals surface area contributed by atoms with Crippen LogP contribution in [0.15, 0.2) is 16.7 Å². The van der Waals surface area contributed by atoms with Gasteiger partial charge in [0, 0.05) is 0 Å². The topological polar surface area (TPSA) is 0 Å². The van der Waals surface area contributed by atoms with E-state index in [1.807, 2.05) is 0 Å². The molecule has 1 aliphatic rings. The van der Waals surface area contributed by atoms with Crippen LogP contribution in [0.2, 0.25) is 0 Å². The molecule has 0 aliphatic heterocycles. The monoisotopic (exact) mass is 365 g/mol. The summed E-state index contributed by atoms with van der Waals surface area (Å²) in [7, 11) is 0. The van der Waals surface area contributed by atoms with Gasteiger partial charge in [0.1, 0.15) is 0 Å². The molecule has 0 saturated carbocycles. The maximum atomic E-state index is 3.80. The normalized spacial score (nSPS) is 16.4. The second kappa shape index (κ2) is 10.7. The van der Waals surface area contributed by atoms with Crippen molar-refractivity contribution in [1.82, 2.24) is 0 Å². The van der Waals surface area contributed by atoms with Crippen LogP contribution < -0.4 is 24.8 Å². The van der Waals surface area contributed by atoms with Crippen molar-refractivity contribution >= 4 is 0 Å². The van der Waals surface area contributed by atoms with Gasteiger partial charge in [-0.3, -0.25) is 6.08 Å². The smallest absolute Gasteiger partial charge is 1.00 e. The maximum Gasteiger partial charge on any atom is 3.00 e. The zero-order valence-corrected chi connectivity index (χ0v) is 16.3. The van der Waals surface area contributed by atoms with Crippen LogP contribution in [0.1, 0.15) is 66.7 Å². The van der Waals surface area contributed by atoms with E-state index in [-0.39, 0.29) is 56.4 Å².